The number of allylic oxidation sites excluding steroid dienone is 4. The lowest BCUT2D eigenvalue weighted by molar-refractivity contribution is -0.147. The smallest absolute Gasteiger partial charge is 0.306 e. The summed E-state index contributed by atoms with van der Waals surface area (Å²) < 4.78 is 0. The van der Waals surface area contributed by atoms with Crippen LogP contribution in [0, 0.1) is 39.4 Å². The molecule has 0 aliphatic heterocycles. The molecular formula is C30H38O7. The molecule has 4 aliphatic carbocycles. The van der Waals surface area contributed by atoms with E-state index in [1.54, 1.807) is 13.8 Å². The van der Waals surface area contributed by atoms with Crippen LogP contribution in [-0.2, 0) is 28.8 Å². The molecular weight excluding hydrogens is 472 g/mol. The van der Waals surface area contributed by atoms with Crippen molar-refractivity contribution in [3.63, 3.8) is 0 Å². The van der Waals surface area contributed by atoms with E-state index in [0.717, 1.165) is 0 Å². The van der Waals surface area contributed by atoms with Gasteiger partial charge in [-0.15, -0.1) is 0 Å². The van der Waals surface area contributed by atoms with Gasteiger partial charge in [0.05, 0.1) is 11.3 Å². The Morgan fingerprint density at radius 3 is 2.19 bits per heavy atom. The zero-order valence-corrected chi connectivity index (χ0v) is 22.9. The van der Waals surface area contributed by atoms with Crippen LogP contribution in [0.1, 0.15) is 87.0 Å². The highest BCUT2D eigenvalue weighted by molar-refractivity contribution is 6.17. The number of carbonyl (C=O) groups is 6. The summed E-state index contributed by atoms with van der Waals surface area (Å²) in [6, 6.07) is 0. The van der Waals surface area contributed by atoms with Gasteiger partial charge in [0.15, 0.2) is 17.3 Å². The maximum atomic E-state index is 14.0. The highest BCUT2D eigenvalue weighted by Crippen LogP contribution is 2.69. The van der Waals surface area contributed by atoms with Crippen LogP contribution < -0.4 is 0 Å². The molecule has 6 atom stereocenters. The summed E-state index contributed by atoms with van der Waals surface area (Å²) in [4.78, 5) is 78.2. The van der Waals surface area contributed by atoms with Crippen molar-refractivity contribution in [2.75, 3.05) is 0 Å². The minimum Gasteiger partial charge on any atom is -0.481 e. The van der Waals surface area contributed by atoms with Crippen LogP contribution >= 0.6 is 0 Å². The number of carboxylic acids is 1. The van der Waals surface area contributed by atoms with Gasteiger partial charge in [-0.25, -0.2) is 0 Å². The first-order chi connectivity index (χ1) is 16.9. The molecule has 0 saturated heterocycles. The maximum absolute atomic E-state index is 14.0. The number of hydrogen-bond acceptors (Lipinski definition) is 6. The van der Waals surface area contributed by atoms with E-state index >= 15 is 0 Å². The molecule has 0 spiro atoms. The van der Waals surface area contributed by atoms with Crippen molar-refractivity contribution in [1.82, 2.24) is 0 Å². The van der Waals surface area contributed by atoms with Gasteiger partial charge in [0, 0.05) is 54.1 Å². The quantitative estimate of drug-likeness (QED) is 0.542. The van der Waals surface area contributed by atoms with Crippen molar-refractivity contribution in [1.29, 1.82) is 0 Å². The Bertz CT molecular complexity index is 1220. The average Bonchev–Trinajstić information content (AvgIpc) is 2.99. The van der Waals surface area contributed by atoms with Crippen molar-refractivity contribution < 1.29 is 33.9 Å². The standard InChI is InChI=1S/C30H38O7/c1-15(10-17(31)11-16(2)26(36)37)18-12-23(35)30(7)25-19(32)13-21-27(3,4)22(34)8-9-28(21,5)24(25)20(33)14-29(18,30)6/h10,16,18,21H,8-9,11-14H2,1-7H3,(H,36,37)/b15-10+/t16-,18+,21-,28-,29+,30-/m0/s1. The second-order valence-electron chi connectivity index (χ2n) is 13.1. The zero-order chi connectivity index (χ0) is 27.9. The Morgan fingerprint density at radius 2 is 1.59 bits per heavy atom. The van der Waals surface area contributed by atoms with Crippen molar-refractivity contribution in [2.24, 2.45) is 39.4 Å². The van der Waals surface area contributed by atoms with Gasteiger partial charge in [-0.1, -0.05) is 40.2 Å². The number of rotatable bonds is 5. The summed E-state index contributed by atoms with van der Waals surface area (Å²) in [5.74, 6) is -3.30. The third kappa shape index (κ3) is 3.59. The Morgan fingerprint density at radius 1 is 0.973 bits per heavy atom. The molecule has 7 heteroatoms. The monoisotopic (exact) mass is 510 g/mol. The van der Waals surface area contributed by atoms with E-state index < -0.39 is 39.5 Å². The minimum atomic E-state index is -1.18. The summed E-state index contributed by atoms with van der Waals surface area (Å²) in [5.41, 5.74) is -2.04. The lowest BCUT2D eigenvalue weighted by Crippen LogP contribution is -2.59. The summed E-state index contributed by atoms with van der Waals surface area (Å²) in [6.07, 6.45) is 2.40. The first-order valence-corrected chi connectivity index (χ1v) is 13.2. The molecule has 4 rings (SSSR count). The molecule has 0 aromatic rings. The van der Waals surface area contributed by atoms with Crippen LogP contribution in [0.3, 0.4) is 0 Å². The number of aliphatic carboxylic acids is 1. The van der Waals surface area contributed by atoms with Crippen molar-refractivity contribution in [2.45, 2.75) is 87.0 Å². The normalized spacial score (nSPS) is 38.2. The van der Waals surface area contributed by atoms with Crippen LogP contribution in [-0.4, -0.2) is 40.0 Å². The van der Waals surface area contributed by atoms with Gasteiger partial charge >= 0.3 is 5.97 Å². The molecule has 2 saturated carbocycles. The van der Waals surface area contributed by atoms with E-state index in [1.807, 2.05) is 27.7 Å². The van der Waals surface area contributed by atoms with Crippen LogP contribution in [0.15, 0.2) is 22.8 Å². The Labute approximate surface area is 218 Å². The number of Topliss-reactive ketones (excluding diaryl/α,β-unsaturated/α-hetero) is 4. The van der Waals surface area contributed by atoms with E-state index in [9.17, 15) is 28.8 Å². The molecule has 0 bridgehead atoms. The SMILES string of the molecule is C/C(=C\C(=O)C[C@H](C)C(=O)O)[C@H]1CC(=O)[C@@]2(C)C3=C(C(=O)C[C@]12C)[C@@]1(C)CCC(=O)C(C)(C)[C@@H]1CC3=O. The molecule has 0 aromatic carbocycles. The second kappa shape index (κ2) is 8.40. The fourth-order valence-corrected chi connectivity index (χ4v) is 8.23. The molecule has 0 radical (unpaired) electrons. The average molecular weight is 511 g/mol. The van der Waals surface area contributed by atoms with Crippen LogP contribution in [0.5, 0.6) is 0 Å². The third-order valence-electron chi connectivity index (χ3n) is 10.8. The van der Waals surface area contributed by atoms with Gasteiger partial charge in [0.2, 0.25) is 0 Å². The van der Waals surface area contributed by atoms with Crippen LogP contribution in [0.4, 0.5) is 0 Å². The maximum Gasteiger partial charge on any atom is 0.306 e. The second-order valence-corrected chi connectivity index (χ2v) is 13.1. The van der Waals surface area contributed by atoms with Crippen LogP contribution in [0.2, 0.25) is 0 Å². The van der Waals surface area contributed by atoms with Gasteiger partial charge in [0.1, 0.15) is 11.6 Å². The summed E-state index contributed by atoms with van der Waals surface area (Å²) in [6.45, 7) is 12.6. The first-order valence-electron chi connectivity index (χ1n) is 13.2. The van der Waals surface area contributed by atoms with Crippen molar-refractivity contribution >= 4 is 34.9 Å². The first kappa shape index (κ1) is 27.3. The van der Waals surface area contributed by atoms with E-state index in [0.29, 0.717) is 29.6 Å². The number of carboxylic acid groups (broad SMARTS) is 1. The molecule has 37 heavy (non-hydrogen) atoms. The van der Waals surface area contributed by atoms with E-state index in [-0.39, 0.29) is 60.5 Å². The van der Waals surface area contributed by atoms with Crippen molar-refractivity contribution in [3.8, 4) is 0 Å². The lowest BCUT2D eigenvalue weighted by atomic mass is 9.43. The predicted octanol–water partition coefficient (Wildman–Crippen LogP) is 4.47. The molecule has 0 heterocycles. The molecule has 7 nitrogen and oxygen atoms in total. The molecule has 4 aliphatic rings. The number of hydrogen-bond donors (Lipinski definition) is 1. The Hall–Kier alpha value is -2.70. The highest BCUT2D eigenvalue weighted by Gasteiger charge is 2.70. The van der Waals surface area contributed by atoms with Gasteiger partial charge < -0.3 is 5.11 Å². The predicted molar refractivity (Wildman–Crippen MR) is 135 cm³/mol. The van der Waals surface area contributed by atoms with Crippen molar-refractivity contribution in [3.05, 3.63) is 22.8 Å². The van der Waals surface area contributed by atoms with Crippen LogP contribution in [0.25, 0.3) is 0 Å². The van der Waals surface area contributed by atoms with Gasteiger partial charge in [0.25, 0.3) is 0 Å². The summed E-state index contributed by atoms with van der Waals surface area (Å²) >= 11 is 0. The largest absolute Gasteiger partial charge is 0.481 e. The molecule has 200 valence electrons. The van der Waals surface area contributed by atoms with Gasteiger partial charge in [-0.3, -0.25) is 28.8 Å². The summed E-state index contributed by atoms with van der Waals surface area (Å²) in [7, 11) is 0. The van der Waals surface area contributed by atoms with E-state index in [4.69, 9.17) is 5.11 Å². The number of carbonyl (C=O) groups excluding carboxylic acids is 5. The Kier molecular flexibility index (Phi) is 6.21. The summed E-state index contributed by atoms with van der Waals surface area (Å²) in [5, 5.41) is 9.14. The Balaban J connectivity index is 1.81. The minimum absolute atomic E-state index is 0.0770. The molecule has 0 aromatic heterocycles. The van der Waals surface area contributed by atoms with E-state index in [2.05, 4.69) is 0 Å². The third-order valence-corrected chi connectivity index (χ3v) is 10.8. The topological polar surface area (TPSA) is 123 Å². The highest BCUT2D eigenvalue weighted by atomic mass is 16.4. The molecule has 1 N–H and O–H groups in total. The van der Waals surface area contributed by atoms with E-state index in [1.165, 1.54) is 13.0 Å². The molecule has 0 amide bonds. The number of ketones is 5. The van der Waals surface area contributed by atoms with Gasteiger partial charge in [-0.2, -0.15) is 0 Å². The lowest BCUT2D eigenvalue weighted by Gasteiger charge is -2.58. The number of fused-ring (bicyclic) bond motifs is 4. The molecule has 0 unspecified atom stereocenters. The fourth-order valence-electron chi connectivity index (χ4n) is 8.23. The van der Waals surface area contributed by atoms with Gasteiger partial charge in [-0.05, 0) is 43.6 Å². The fraction of sp³-hybridized carbons (Fsp3) is 0.667. The zero-order valence-electron chi connectivity index (χ0n) is 22.9. The molecule has 2 fully saturated rings.